The minimum absolute atomic E-state index is 0.0475. The predicted molar refractivity (Wildman–Crippen MR) is 199 cm³/mol. The molecule has 1 N–H and O–H groups in total. The number of halogens is 2. The molecule has 11 heteroatoms. The van der Waals surface area contributed by atoms with Gasteiger partial charge in [-0.1, -0.05) is 53.5 Å². The molecular weight excluding hydrogens is 653 g/mol. The van der Waals surface area contributed by atoms with E-state index in [-0.39, 0.29) is 40.1 Å². The lowest BCUT2D eigenvalue weighted by atomic mass is 9.96. The number of likely N-dealkylation sites (tertiary alicyclic amines) is 1. The molecule has 4 aromatic rings. The summed E-state index contributed by atoms with van der Waals surface area (Å²) < 4.78 is 44.9. The largest absolute Gasteiger partial charge is 0.508 e. The first-order valence-corrected chi connectivity index (χ1v) is 20.2. The number of nitrogens with zero attached hydrogens (tertiary/aromatic N) is 5. The lowest BCUT2D eigenvalue weighted by Gasteiger charge is -2.38. The van der Waals surface area contributed by atoms with E-state index in [1.54, 1.807) is 18.3 Å². The van der Waals surface area contributed by atoms with Gasteiger partial charge >= 0.3 is 6.01 Å². The van der Waals surface area contributed by atoms with Crippen molar-refractivity contribution in [3.63, 3.8) is 0 Å². The van der Waals surface area contributed by atoms with Gasteiger partial charge in [-0.15, -0.1) is 5.54 Å². The third kappa shape index (κ3) is 6.77. The first kappa shape index (κ1) is 36.0. The summed E-state index contributed by atoms with van der Waals surface area (Å²) in [6.07, 6.45) is 4.45. The van der Waals surface area contributed by atoms with Crippen LogP contribution in [0.3, 0.4) is 0 Å². The summed E-state index contributed by atoms with van der Waals surface area (Å²) in [7, 11) is -0.175. The molecule has 6 rings (SSSR count). The molecule has 0 bridgehead atoms. The number of benzene rings is 2. The van der Waals surface area contributed by atoms with Crippen LogP contribution in [0.1, 0.15) is 66.4 Å². The van der Waals surface area contributed by atoms with E-state index in [9.17, 15) is 5.11 Å². The van der Waals surface area contributed by atoms with Crippen molar-refractivity contribution < 1.29 is 23.4 Å². The normalized spacial score (nSPS) is 17.6. The van der Waals surface area contributed by atoms with Gasteiger partial charge < -0.3 is 24.4 Å². The number of pyridine rings is 1. The molecule has 2 saturated heterocycles. The average Bonchev–Trinajstić information content (AvgIpc) is 3.29. The molecule has 266 valence electrons. The van der Waals surface area contributed by atoms with Crippen molar-refractivity contribution in [1.82, 2.24) is 19.9 Å². The Bertz CT molecular complexity index is 1910. The number of ether oxygens (including phenoxy) is 2. The highest BCUT2D eigenvalue weighted by Crippen LogP contribution is 2.42. The zero-order chi connectivity index (χ0) is 35.7. The molecule has 2 aliphatic rings. The highest BCUT2D eigenvalue weighted by Gasteiger charge is 2.42. The number of rotatable bonds is 8. The highest BCUT2D eigenvalue weighted by molar-refractivity contribution is 6.90. The van der Waals surface area contributed by atoms with Crippen molar-refractivity contribution in [2.75, 3.05) is 51.4 Å². The topological polar surface area (TPSA) is 83.8 Å². The van der Waals surface area contributed by atoms with Crippen LogP contribution < -0.4 is 9.64 Å². The SMILES string of the molecule is CC(C)[Si](C#Cc1c(F)ccc2cc(O)cc(-c3ncc4c(N5CCCOCC5)nc(OC[C@H]5CCCN5C)nc4c3F)c12)(C(C)C)C(C)C. The summed E-state index contributed by atoms with van der Waals surface area (Å²) >= 11 is 0. The molecular formula is C39H49F2N5O3Si. The summed E-state index contributed by atoms with van der Waals surface area (Å²) in [5.74, 6) is 2.51. The molecule has 0 radical (unpaired) electrons. The molecule has 0 saturated carbocycles. The molecule has 0 aliphatic carbocycles. The molecule has 2 aromatic carbocycles. The number of phenolic OH excluding ortho intramolecular Hbond substituents is 1. The molecule has 0 amide bonds. The molecule has 50 heavy (non-hydrogen) atoms. The van der Waals surface area contributed by atoms with Gasteiger partial charge in [0, 0.05) is 42.9 Å². The molecule has 2 fully saturated rings. The third-order valence-electron chi connectivity index (χ3n) is 10.8. The van der Waals surface area contributed by atoms with E-state index in [2.05, 4.69) is 79.8 Å². The average molecular weight is 702 g/mol. The standard InChI is InChI=1S/C39H49F2N5O3Si/c1-24(2)50(25(3)4,26(5)6)19-13-30-33(40)12-11-27-20-29(47)21-31(34(27)30)36-35(41)37-32(22-42-36)38(46-15-9-17-48-18-16-46)44-39(43-37)49-23-28-10-8-14-45(28)7/h11-12,20-22,24-26,28,47H,8-10,14-18,23H2,1-7H3/t28-/m1/s1. The number of hydrogen-bond donors (Lipinski definition) is 1. The van der Waals surface area contributed by atoms with E-state index < -0.39 is 19.7 Å². The molecule has 1 atom stereocenters. The summed E-state index contributed by atoms with van der Waals surface area (Å²) in [5.41, 5.74) is 5.06. The second kappa shape index (κ2) is 14.8. The first-order chi connectivity index (χ1) is 23.9. The Balaban J connectivity index is 1.55. The van der Waals surface area contributed by atoms with Gasteiger partial charge in [0.1, 0.15) is 43.3 Å². The molecule has 2 aliphatic heterocycles. The van der Waals surface area contributed by atoms with Crippen LogP contribution in [0.15, 0.2) is 30.5 Å². The Morgan fingerprint density at radius 1 is 1.00 bits per heavy atom. The molecule has 2 aromatic heterocycles. The van der Waals surface area contributed by atoms with E-state index in [1.165, 1.54) is 12.1 Å². The molecule has 4 heterocycles. The number of hydrogen-bond acceptors (Lipinski definition) is 8. The monoisotopic (exact) mass is 701 g/mol. The summed E-state index contributed by atoms with van der Waals surface area (Å²) in [6.45, 7) is 17.0. The number of aromatic nitrogens is 3. The quantitative estimate of drug-likeness (QED) is 0.146. The van der Waals surface area contributed by atoms with Gasteiger partial charge in [-0.05, 0) is 73.1 Å². The van der Waals surface area contributed by atoms with E-state index in [0.29, 0.717) is 71.5 Å². The van der Waals surface area contributed by atoms with Crippen molar-refractivity contribution in [2.45, 2.75) is 83.5 Å². The number of phenols is 1. The van der Waals surface area contributed by atoms with Crippen molar-refractivity contribution in [3.8, 4) is 34.5 Å². The Labute approximate surface area is 295 Å². The van der Waals surface area contributed by atoms with Gasteiger partial charge in [0.25, 0.3) is 0 Å². The Morgan fingerprint density at radius 2 is 1.76 bits per heavy atom. The fourth-order valence-corrected chi connectivity index (χ4v) is 13.4. The smallest absolute Gasteiger partial charge is 0.319 e. The van der Waals surface area contributed by atoms with E-state index in [1.807, 2.05) is 0 Å². The summed E-state index contributed by atoms with van der Waals surface area (Å²) in [4.78, 5) is 18.3. The van der Waals surface area contributed by atoms with Crippen molar-refractivity contribution in [1.29, 1.82) is 0 Å². The molecule has 8 nitrogen and oxygen atoms in total. The van der Waals surface area contributed by atoms with Gasteiger partial charge in [-0.3, -0.25) is 4.98 Å². The van der Waals surface area contributed by atoms with Gasteiger partial charge in [-0.2, -0.15) is 9.97 Å². The van der Waals surface area contributed by atoms with E-state index >= 15 is 8.78 Å². The van der Waals surface area contributed by atoms with Crippen molar-refractivity contribution in [3.05, 3.63) is 47.7 Å². The van der Waals surface area contributed by atoms with Crippen LogP contribution in [0.4, 0.5) is 14.6 Å². The number of likely N-dealkylation sites (N-methyl/N-ethyl adjacent to an activating group) is 1. The minimum atomic E-state index is -2.24. The van der Waals surface area contributed by atoms with Gasteiger partial charge in [0.05, 0.1) is 17.6 Å². The highest BCUT2D eigenvalue weighted by atomic mass is 28.3. The van der Waals surface area contributed by atoms with Crippen LogP contribution in [-0.4, -0.2) is 85.6 Å². The fraction of sp³-hybridized carbons (Fsp3) is 0.513. The lowest BCUT2D eigenvalue weighted by Crippen LogP contribution is -2.43. The second-order valence-corrected chi connectivity index (χ2v) is 20.3. The Kier molecular flexibility index (Phi) is 10.6. The number of anilines is 1. The maximum Gasteiger partial charge on any atom is 0.319 e. The lowest BCUT2D eigenvalue weighted by molar-refractivity contribution is 0.152. The van der Waals surface area contributed by atoms with E-state index in [4.69, 9.17) is 14.5 Å². The van der Waals surface area contributed by atoms with Gasteiger partial charge in [0.15, 0.2) is 5.82 Å². The zero-order valence-corrected chi connectivity index (χ0v) is 31.3. The van der Waals surface area contributed by atoms with E-state index in [0.717, 1.165) is 25.8 Å². The molecule has 0 unspecified atom stereocenters. The molecule has 0 spiro atoms. The van der Waals surface area contributed by atoms with Gasteiger partial charge in [0.2, 0.25) is 0 Å². The first-order valence-electron chi connectivity index (χ1n) is 17.9. The number of fused-ring (bicyclic) bond motifs is 2. The zero-order valence-electron chi connectivity index (χ0n) is 30.3. The second-order valence-electron chi connectivity index (χ2n) is 14.7. The van der Waals surface area contributed by atoms with Crippen LogP contribution >= 0.6 is 0 Å². The minimum Gasteiger partial charge on any atom is -0.508 e. The van der Waals surface area contributed by atoms with Gasteiger partial charge in [-0.25, -0.2) is 8.78 Å². The van der Waals surface area contributed by atoms with Crippen molar-refractivity contribution >= 4 is 35.6 Å². The fourth-order valence-electron chi connectivity index (χ4n) is 8.17. The van der Waals surface area contributed by atoms with Crippen molar-refractivity contribution in [2.24, 2.45) is 0 Å². The predicted octanol–water partition coefficient (Wildman–Crippen LogP) is 8.10. The summed E-state index contributed by atoms with van der Waals surface area (Å²) in [5, 5.41) is 12.2. The third-order valence-corrected chi connectivity index (χ3v) is 17.1. The van der Waals surface area contributed by atoms with Crippen LogP contribution in [0.2, 0.25) is 16.6 Å². The summed E-state index contributed by atoms with van der Waals surface area (Å²) in [6, 6.07) is 6.24. The Morgan fingerprint density at radius 3 is 2.46 bits per heavy atom. The van der Waals surface area contributed by atoms with Crippen LogP contribution in [-0.2, 0) is 4.74 Å². The maximum absolute atomic E-state index is 17.1. The Hall–Kier alpha value is -3.85. The van der Waals surface area contributed by atoms with Crippen LogP contribution in [0.25, 0.3) is 32.9 Å². The maximum atomic E-state index is 17.1. The van der Waals surface area contributed by atoms with Crippen LogP contribution in [0.5, 0.6) is 11.8 Å². The number of aromatic hydroxyl groups is 1. The van der Waals surface area contributed by atoms with Crippen LogP contribution in [0, 0.1) is 23.1 Å².